The van der Waals surface area contributed by atoms with Crippen LogP contribution in [0.4, 0.5) is 0 Å². The van der Waals surface area contributed by atoms with Crippen LogP contribution in [-0.2, 0) is 11.2 Å². The van der Waals surface area contributed by atoms with Crippen molar-refractivity contribution in [2.75, 3.05) is 12.1 Å². The molecular formula is C7H8BrIOS. The fourth-order valence-corrected chi connectivity index (χ4v) is 2.68. The van der Waals surface area contributed by atoms with Crippen molar-refractivity contribution >= 4 is 49.9 Å². The van der Waals surface area contributed by atoms with Crippen LogP contribution in [0.5, 0.6) is 0 Å². The molecule has 1 nitrogen and oxygen atoms in total. The molecule has 62 valence electrons. The van der Waals surface area contributed by atoms with Gasteiger partial charge in [0.2, 0.25) is 0 Å². The fraction of sp³-hybridized carbons (Fsp3) is 0.429. The largest absolute Gasteiger partial charge is 0.370 e. The van der Waals surface area contributed by atoms with E-state index in [4.69, 9.17) is 4.74 Å². The van der Waals surface area contributed by atoms with E-state index in [1.54, 1.807) is 0 Å². The number of rotatable bonds is 4. The average Bonchev–Trinajstić information content (AvgIpc) is 2.37. The maximum Gasteiger partial charge on any atom is 0.102 e. The Bertz CT molecular complexity index is 214. The molecule has 4 heteroatoms. The van der Waals surface area contributed by atoms with Crippen LogP contribution in [0.1, 0.15) is 4.88 Å². The lowest BCUT2D eigenvalue weighted by Crippen LogP contribution is -1.93. The van der Waals surface area contributed by atoms with Crippen LogP contribution in [-0.4, -0.2) is 12.1 Å². The molecule has 0 atom stereocenters. The second kappa shape index (κ2) is 5.50. The maximum atomic E-state index is 5.17. The molecule has 0 spiro atoms. The van der Waals surface area contributed by atoms with E-state index >= 15 is 0 Å². The van der Waals surface area contributed by atoms with Crippen molar-refractivity contribution in [3.8, 4) is 0 Å². The summed E-state index contributed by atoms with van der Waals surface area (Å²) < 4.78 is 6.51. The lowest BCUT2D eigenvalue weighted by molar-refractivity contribution is 0.190. The van der Waals surface area contributed by atoms with E-state index in [0.29, 0.717) is 5.52 Å². The van der Waals surface area contributed by atoms with Gasteiger partial charge in [0.1, 0.15) is 5.52 Å². The number of hydrogen-bond acceptors (Lipinski definition) is 2. The van der Waals surface area contributed by atoms with Crippen molar-refractivity contribution < 1.29 is 4.74 Å². The summed E-state index contributed by atoms with van der Waals surface area (Å²) in [7, 11) is 0. The number of thiophene rings is 1. The Kier molecular flexibility index (Phi) is 4.98. The van der Waals surface area contributed by atoms with Crippen LogP contribution in [0.3, 0.4) is 0 Å². The van der Waals surface area contributed by atoms with Gasteiger partial charge in [-0.15, -0.1) is 11.3 Å². The standard InChI is InChI=1S/C7H8BrIOS/c8-5-10-4-3-6-1-2-7(9)11-6/h1-2H,3-5H2. The van der Waals surface area contributed by atoms with E-state index in [1.807, 2.05) is 11.3 Å². The van der Waals surface area contributed by atoms with E-state index in [-0.39, 0.29) is 0 Å². The van der Waals surface area contributed by atoms with Crippen molar-refractivity contribution in [1.82, 2.24) is 0 Å². The minimum Gasteiger partial charge on any atom is -0.370 e. The monoisotopic (exact) mass is 346 g/mol. The molecule has 1 aromatic rings. The van der Waals surface area contributed by atoms with Crippen LogP contribution in [0, 0.1) is 2.88 Å². The molecule has 0 saturated heterocycles. The summed E-state index contributed by atoms with van der Waals surface area (Å²) in [6.45, 7) is 0.807. The summed E-state index contributed by atoms with van der Waals surface area (Å²) in [5.74, 6) is 0. The predicted octanol–water partition coefficient (Wildman–Crippen LogP) is 3.26. The number of hydrogen-bond donors (Lipinski definition) is 0. The second-order valence-electron chi connectivity index (χ2n) is 1.97. The third-order valence-electron chi connectivity index (χ3n) is 1.20. The Balaban J connectivity index is 2.27. The van der Waals surface area contributed by atoms with Crippen molar-refractivity contribution in [1.29, 1.82) is 0 Å². The van der Waals surface area contributed by atoms with Gasteiger partial charge in [0, 0.05) is 11.3 Å². The topological polar surface area (TPSA) is 9.23 Å². The molecule has 0 radical (unpaired) electrons. The molecule has 0 amide bonds. The number of ether oxygens (including phenoxy) is 1. The van der Waals surface area contributed by atoms with Crippen LogP contribution in [0.2, 0.25) is 0 Å². The summed E-state index contributed by atoms with van der Waals surface area (Å²) in [5, 5.41) is 0. The van der Waals surface area contributed by atoms with Crippen LogP contribution >= 0.6 is 49.9 Å². The Morgan fingerprint density at radius 2 is 2.36 bits per heavy atom. The zero-order valence-electron chi connectivity index (χ0n) is 5.85. The molecule has 1 aromatic heterocycles. The molecule has 11 heavy (non-hydrogen) atoms. The predicted molar refractivity (Wildman–Crippen MR) is 60.5 cm³/mol. The fourth-order valence-electron chi connectivity index (χ4n) is 0.713. The molecule has 1 rings (SSSR count). The molecule has 0 unspecified atom stereocenters. The van der Waals surface area contributed by atoms with Gasteiger partial charge in [0.25, 0.3) is 0 Å². The first-order valence-corrected chi connectivity index (χ1v) is 6.22. The lowest BCUT2D eigenvalue weighted by Gasteiger charge is -1.95. The van der Waals surface area contributed by atoms with Gasteiger partial charge in [-0.2, -0.15) is 0 Å². The second-order valence-corrected chi connectivity index (χ2v) is 5.49. The molecule has 0 bridgehead atoms. The van der Waals surface area contributed by atoms with Gasteiger partial charge < -0.3 is 4.74 Å². The van der Waals surface area contributed by atoms with Crippen molar-refractivity contribution in [2.45, 2.75) is 6.42 Å². The van der Waals surface area contributed by atoms with Crippen LogP contribution in [0.15, 0.2) is 12.1 Å². The van der Waals surface area contributed by atoms with Gasteiger partial charge in [0.15, 0.2) is 0 Å². The highest BCUT2D eigenvalue weighted by atomic mass is 127. The van der Waals surface area contributed by atoms with Crippen molar-refractivity contribution in [3.63, 3.8) is 0 Å². The normalized spacial score (nSPS) is 10.4. The van der Waals surface area contributed by atoms with Gasteiger partial charge in [0.05, 0.1) is 9.49 Å². The summed E-state index contributed by atoms with van der Waals surface area (Å²) in [6.07, 6.45) is 1.03. The summed E-state index contributed by atoms with van der Waals surface area (Å²) in [4.78, 5) is 1.40. The summed E-state index contributed by atoms with van der Waals surface area (Å²) >= 11 is 7.37. The maximum absolute atomic E-state index is 5.17. The zero-order valence-corrected chi connectivity index (χ0v) is 10.4. The van der Waals surface area contributed by atoms with Gasteiger partial charge >= 0.3 is 0 Å². The van der Waals surface area contributed by atoms with E-state index < -0.39 is 0 Å². The minimum absolute atomic E-state index is 0.634. The van der Waals surface area contributed by atoms with Gasteiger partial charge in [-0.25, -0.2) is 0 Å². The lowest BCUT2D eigenvalue weighted by atomic mass is 10.4. The summed E-state index contributed by atoms with van der Waals surface area (Å²) in [5.41, 5.74) is 0.634. The van der Waals surface area contributed by atoms with Gasteiger partial charge in [-0.3, -0.25) is 0 Å². The number of alkyl halides is 1. The SMILES string of the molecule is BrCOCCc1ccc(I)s1. The molecule has 0 aliphatic heterocycles. The van der Waals surface area contributed by atoms with Crippen molar-refractivity contribution in [2.24, 2.45) is 0 Å². The molecule has 0 aliphatic rings. The molecule has 0 N–H and O–H groups in total. The first-order valence-electron chi connectivity index (χ1n) is 3.21. The molecular weight excluding hydrogens is 339 g/mol. The molecule has 0 aliphatic carbocycles. The van der Waals surface area contributed by atoms with Crippen molar-refractivity contribution in [3.05, 3.63) is 19.9 Å². The van der Waals surface area contributed by atoms with E-state index in [1.165, 1.54) is 7.76 Å². The van der Waals surface area contributed by atoms with Crippen LogP contribution in [0.25, 0.3) is 0 Å². The summed E-state index contributed by atoms with van der Waals surface area (Å²) in [6, 6.07) is 4.29. The molecule has 1 heterocycles. The first kappa shape index (κ1) is 9.95. The molecule has 0 saturated carbocycles. The Hall–Kier alpha value is 0.870. The van der Waals surface area contributed by atoms with Crippen LogP contribution < -0.4 is 0 Å². The molecule has 0 aromatic carbocycles. The Morgan fingerprint density at radius 3 is 2.91 bits per heavy atom. The Morgan fingerprint density at radius 1 is 1.55 bits per heavy atom. The highest BCUT2D eigenvalue weighted by Gasteiger charge is 1.96. The van der Waals surface area contributed by atoms with Gasteiger partial charge in [-0.1, -0.05) is 15.9 Å². The smallest absolute Gasteiger partial charge is 0.102 e. The third-order valence-corrected chi connectivity index (χ3v) is 3.48. The highest BCUT2D eigenvalue weighted by molar-refractivity contribution is 14.1. The van der Waals surface area contributed by atoms with E-state index in [2.05, 4.69) is 50.7 Å². The Labute approximate surface area is 92.4 Å². The van der Waals surface area contributed by atoms with E-state index in [0.717, 1.165) is 13.0 Å². The number of halogens is 2. The quantitative estimate of drug-likeness (QED) is 0.462. The highest BCUT2D eigenvalue weighted by Crippen LogP contribution is 2.18. The molecule has 0 fully saturated rings. The van der Waals surface area contributed by atoms with Gasteiger partial charge in [-0.05, 0) is 34.7 Å². The average molecular weight is 347 g/mol. The van der Waals surface area contributed by atoms with E-state index in [9.17, 15) is 0 Å². The minimum atomic E-state index is 0.634. The zero-order chi connectivity index (χ0) is 8.10. The third kappa shape index (κ3) is 3.87. The first-order chi connectivity index (χ1) is 5.33.